The number of rotatable bonds is 9. The van der Waals surface area contributed by atoms with Crippen molar-refractivity contribution in [3.05, 3.63) is 70.9 Å². The standard InChI is InChI=1S/C26H31F2N3O2/c1-7-13-29-26(31-20-9-10-22(18(5)32)19(8-2)14-20)17(4)30-15-16(3)21-11-12-23(33-6)25(28)24(21)27/h7,9-14,16H,8,15H2,1-6H3,(H,29,31)/b13-7-,30-17+. The lowest BCUT2D eigenvalue weighted by atomic mass is 10.00. The number of anilines is 1. The van der Waals surface area contributed by atoms with Gasteiger partial charge < -0.3 is 10.1 Å². The average molecular weight is 456 g/mol. The number of amidine groups is 1. The van der Waals surface area contributed by atoms with Gasteiger partial charge in [-0.2, -0.15) is 4.39 Å². The van der Waals surface area contributed by atoms with Crippen molar-refractivity contribution >= 4 is 23.0 Å². The Balaban J connectivity index is 2.27. The highest BCUT2D eigenvalue weighted by molar-refractivity contribution is 6.44. The summed E-state index contributed by atoms with van der Waals surface area (Å²) in [4.78, 5) is 20.8. The molecule has 1 atom stereocenters. The van der Waals surface area contributed by atoms with Crippen molar-refractivity contribution < 1.29 is 18.3 Å². The number of benzene rings is 2. The van der Waals surface area contributed by atoms with Gasteiger partial charge in [-0.15, -0.1) is 0 Å². The molecule has 0 aliphatic heterocycles. The number of ketones is 1. The summed E-state index contributed by atoms with van der Waals surface area (Å²) < 4.78 is 33.3. The van der Waals surface area contributed by atoms with E-state index in [1.54, 1.807) is 39.1 Å². The number of nitrogens with one attached hydrogen (secondary N) is 1. The quantitative estimate of drug-likeness (QED) is 0.272. The summed E-state index contributed by atoms with van der Waals surface area (Å²) in [6, 6.07) is 8.48. The number of nitrogens with zero attached hydrogens (tertiary/aromatic N) is 2. The highest BCUT2D eigenvalue weighted by atomic mass is 19.2. The Morgan fingerprint density at radius 2 is 1.91 bits per heavy atom. The van der Waals surface area contributed by atoms with E-state index in [0.29, 0.717) is 17.1 Å². The number of aliphatic imine (C=N–C) groups is 2. The number of Topliss-reactive ketones (excluding diaryl/α,β-unsaturated/α-hetero) is 1. The van der Waals surface area contributed by atoms with Crippen molar-refractivity contribution in [2.45, 2.75) is 47.0 Å². The monoisotopic (exact) mass is 455 g/mol. The van der Waals surface area contributed by atoms with Crippen LogP contribution >= 0.6 is 0 Å². The maximum absolute atomic E-state index is 14.4. The molecular weight excluding hydrogens is 424 g/mol. The number of halogens is 2. The number of allylic oxidation sites excluding steroid dienone is 1. The molecule has 2 aromatic carbocycles. The van der Waals surface area contributed by atoms with Crippen molar-refractivity contribution in [3.8, 4) is 5.75 Å². The van der Waals surface area contributed by atoms with Crippen molar-refractivity contribution in [2.24, 2.45) is 9.98 Å². The second-order valence-corrected chi connectivity index (χ2v) is 7.68. The highest BCUT2D eigenvalue weighted by Gasteiger charge is 2.18. The molecule has 176 valence electrons. The lowest BCUT2D eigenvalue weighted by Crippen LogP contribution is -2.22. The molecule has 2 rings (SSSR count). The molecule has 0 radical (unpaired) electrons. The normalized spacial score (nSPS) is 13.3. The van der Waals surface area contributed by atoms with Crippen LogP contribution in [0.15, 0.2) is 52.6 Å². The number of methoxy groups -OCH3 is 1. The number of carbonyl (C=O) groups excluding carboxylic acids is 1. The third-order valence-corrected chi connectivity index (χ3v) is 5.25. The van der Waals surface area contributed by atoms with E-state index in [0.717, 1.165) is 17.7 Å². The van der Waals surface area contributed by atoms with Gasteiger partial charge in [-0.3, -0.25) is 9.79 Å². The first-order valence-corrected chi connectivity index (χ1v) is 10.9. The second kappa shape index (κ2) is 12.0. The fourth-order valence-electron chi connectivity index (χ4n) is 3.34. The number of carbonyl (C=O) groups is 1. The molecule has 0 amide bonds. The maximum atomic E-state index is 14.4. The third-order valence-electron chi connectivity index (χ3n) is 5.25. The lowest BCUT2D eigenvalue weighted by Gasteiger charge is -2.15. The summed E-state index contributed by atoms with van der Waals surface area (Å²) in [6.07, 6.45) is 4.16. The molecule has 0 spiro atoms. The molecule has 1 N–H and O–H groups in total. The van der Waals surface area contributed by atoms with Gasteiger partial charge in [-0.25, -0.2) is 9.38 Å². The van der Waals surface area contributed by atoms with Crippen LogP contribution in [0, 0.1) is 11.6 Å². The molecule has 33 heavy (non-hydrogen) atoms. The molecule has 0 aliphatic rings. The van der Waals surface area contributed by atoms with Crippen LogP contribution in [0.4, 0.5) is 14.5 Å². The van der Waals surface area contributed by atoms with Gasteiger partial charge in [-0.1, -0.05) is 26.0 Å². The first-order chi connectivity index (χ1) is 15.7. The van der Waals surface area contributed by atoms with Crippen LogP contribution < -0.4 is 10.1 Å². The summed E-state index contributed by atoms with van der Waals surface area (Å²) in [7, 11) is 1.30. The Labute approximate surface area is 194 Å². The molecule has 0 aliphatic carbocycles. The van der Waals surface area contributed by atoms with Gasteiger partial charge in [0.15, 0.2) is 23.2 Å². The van der Waals surface area contributed by atoms with E-state index in [9.17, 15) is 13.6 Å². The van der Waals surface area contributed by atoms with E-state index in [4.69, 9.17) is 4.74 Å². The Morgan fingerprint density at radius 3 is 2.52 bits per heavy atom. The van der Waals surface area contributed by atoms with E-state index in [1.807, 2.05) is 26.0 Å². The first kappa shape index (κ1) is 25.9. The van der Waals surface area contributed by atoms with Crippen LogP contribution in [0.5, 0.6) is 5.75 Å². The van der Waals surface area contributed by atoms with Crippen LogP contribution in [0.1, 0.15) is 62.0 Å². The fourth-order valence-corrected chi connectivity index (χ4v) is 3.34. The SMILES string of the molecule is C\C=C/N=C(Nc1ccc(C(C)=O)c(CC)c1)\C(C)=N\CC(C)c1ccc(OC)c(F)c1F. The molecule has 7 heteroatoms. The van der Waals surface area contributed by atoms with Gasteiger partial charge in [0, 0.05) is 29.9 Å². The summed E-state index contributed by atoms with van der Waals surface area (Å²) in [5, 5.41) is 3.26. The summed E-state index contributed by atoms with van der Waals surface area (Å²) in [6.45, 7) is 9.23. The number of hydrogen-bond acceptors (Lipinski definition) is 4. The largest absolute Gasteiger partial charge is 0.494 e. The molecule has 0 heterocycles. The Hall–Kier alpha value is -3.35. The fraction of sp³-hybridized carbons (Fsp3) is 0.346. The lowest BCUT2D eigenvalue weighted by molar-refractivity contribution is 0.101. The third kappa shape index (κ3) is 6.57. The van der Waals surface area contributed by atoms with Crippen LogP contribution in [0.2, 0.25) is 0 Å². The summed E-state index contributed by atoms with van der Waals surface area (Å²) in [5.74, 6) is -1.86. The van der Waals surface area contributed by atoms with E-state index in [-0.39, 0.29) is 29.6 Å². The van der Waals surface area contributed by atoms with Crippen molar-refractivity contribution in [1.82, 2.24) is 0 Å². The van der Waals surface area contributed by atoms with E-state index in [1.165, 1.54) is 19.2 Å². The minimum absolute atomic E-state index is 0.0233. The van der Waals surface area contributed by atoms with E-state index >= 15 is 0 Å². The average Bonchev–Trinajstić information content (AvgIpc) is 2.81. The zero-order chi connectivity index (χ0) is 24.5. The molecule has 0 fully saturated rings. The van der Waals surface area contributed by atoms with Gasteiger partial charge in [0.05, 0.1) is 12.8 Å². The predicted molar refractivity (Wildman–Crippen MR) is 131 cm³/mol. The van der Waals surface area contributed by atoms with Gasteiger partial charge in [-0.05, 0) is 62.6 Å². The Kier molecular flexibility index (Phi) is 9.45. The highest BCUT2D eigenvalue weighted by Crippen LogP contribution is 2.27. The Bertz CT molecular complexity index is 1090. The summed E-state index contributed by atoms with van der Waals surface area (Å²) in [5.41, 5.74) is 3.27. The van der Waals surface area contributed by atoms with Crippen LogP contribution in [-0.4, -0.2) is 31.0 Å². The zero-order valence-electron chi connectivity index (χ0n) is 20.0. The van der Waals surface area contributed by atoms with Crippen molar-refractivity contribution in [1.29, 1.82) is 0 Å². The zero-order valence-corrected chi connectivity index (χ0v) is 20.0. The topological polar surface area (TPSA) is 63.0 Å². The van der Waals surface area contributed by atoms with Gasteiger partial charge in [0.2, 0.25) is 5.82 Å². The number of hydrogen-bond donors (Lipinski definition) is 1. The maximum Gasteiger partial charge on any atom is 0.200 e. The van der Waals surface area contributed by atoms with Crippen LogP contribution in [-0.2, 0) is 6.42 Å². The minimum Gasteiger partial charge on any atom is -0.494 e. The van der Waals surface area contributed by atoms with E-state index < -0.39 is 11.6 Å². The number of aryl methyl sites for hydroxylation is 1. The van der Waals surface area contributed by atoms with Crippen LogP contribution in [0.25, 0.3) is 0 Å². The smallest absolute Gasteiger partial charge is 0.200 e. The minimum atomic E-state index is -1.000. The van der Waals surface area contributed by atoms with Crippen LogP contribution in [0.3, 0.4) is 0 Å². The second-order valence-electron chi connectivity index (χ2n) is 7.68. The predicted octanol–water partition coefficient (Wildman–Crippen LogP) is 6.35. The molecule has 0 aromatic heterocycles. The van der Waals surface area contributed by atoms with Gasteiger partial charge in [0.25, 0.3) is 0 Å². The molecule has 0 bridgehead atoms. The first-order valence-electron chi connectivity index (χ1n) is 10.9. The van der Waals surface area contributed by atoms with Gasteiger partial charge >= 0.3 is 0 Å². The van der Waals surface area contributed by atoms with Gasteiger partial charge in [0.1, 0.15) is 0 Å². The molecule has 1 unspecified atom stereocenters. The number of ether oxygens (including phenoxy) is 1. The molecule has 0 saturated carbocycles. The summed E-state index contributed by atoms with van der Waals surface area (Å²) >= 11 is 0. The van der Waals surface area contributed by atoms with E-state index in [2.05, 4.69) is 15.3 Å². The molecule has 2 aromatic rings. The van der Waals surface area contributed by atoms with Crippen molar-refractivity contribution in [2.75, 3.05) is 19.0 Å². The van der Waals surface area contributed by atoms with Crippen molar-refractivity contribution in [3.63, 3.8) is 0 Å². The molecular formula is C26H31F2N3O2. The Morgan fingerprint density at radius 1 is 1.18 bits per heavy atom. The molecule has 5 nitrogen and oxygen atoms in total. The molecule has 0 saturated heterocycles.